The van der Waals surface area contributed by atoms with Crippen molar-refractivity contribution >= 4 is 16.5 Å². The van der Waals surface area contributed by atoms with Gasteiger partial charge in [-0.2, -0.15) is 13.2 Å². The number of nitrogens with two attached hydrogens (primary N) is 1. The highest BCUT2D eigenvalue weighted by atomic mass is 32.1. The van der Waals surface area contributed by atoms with Crippen LogP contribution in [0.25, 0.3) is 0 Å². The zero-order chi connectivity index (χ0) is 12.9. The van der Waals surface area contributed by atoms with Gasteiger partial charge in [-0.05, 0) is 6.42 Å². The zero-order valence-electron chi connectivity index (χ0n) is 9.12. The molecule has 0 spiro atoms. The molecule has 0 aliphatic rings. The van der Waals surface area contributed by atoms with Crippen molar-refractivity contribution in [1.82, 2.24) is 10.2 Å². The van der Waals surface area contributed by atoms with E-state index in [4.69, 9.17) is 10.5 Å². The molecule has 0 radical (unpaired) electrons. The summed E-state index contributed by atoms with van der Waals surface area (Å²) in [5.41, 5.74) is 5.47. The molecule has 3 N–H and O–H groups in total. The molecule has 17 heavy (non-hydrogen) atoms. The topological polar surface area (TPSA) is 73.1 Å². The van der Waals surface area contributed by atoms with Crippen LogP contribution in [-0.2, 0) is 10.9 Å². The number of hydrogen-bond donors (Lipinski definition) is 2. The number of anilines is 1. The second-order valence-electron chi connectivity index (χ2n) is 3.27. The first-order valence-electron chi connectivity index (χ1n) is 4.83. The van der Waals surface area contributed by atoms with Crippen molar-refractivity contribution in [3.05, 3.63) is 5.01 Å². The summed E-state index contributed by atoms with van der Waals surface area (Å²) in [6.45, 7) is 0.754. The highest BCUT2D eigenvalue weighted by Gasteiger charge is 2.35. The van der Waals surface area contributed by atoms with Gasteiger partial charge in [0.15, 0.2) is 0 Å². The molecule has 98 valence electrons. The molecule has 0 amide bonds. The fourth-order valence-electron chi connectivity index (χ4n) is 1.08. The molecule has 1 unspecified atom stereocenters. The molecular formula is C8H13F3N4OS. The summed E-state index contributed by atoms with van der Waals surface area (Å²) in [6.07, 6.45) is -3.86. The van der Waals surface area contributed by atoms with Gasteiger partial charge in [-0.25, -0.2) is 0 Å². The fraction of sp³-hybridized carbons (Fsp3) is 0.750. The molecule has 0 aromatic carbocycles. The smallest absolute Gasteiger partial charge is 0.385 e. The number of alkyl halides is 3. The van der Waals surface area contributed by atoms with Gasteiger partial charge < -0.3 is 15.8 Å². The average molecular weight is 270 g/mol. The second-order valence-corrected chi connectivity index (χ2v) is 4.25. The maximum absolute atomic E-state index is 12.3. The number of methoxy groups -OCH3 is 1. The number of aromatic nitrogens is 2. The van der Waals surface area contributed by atoms with Gasteiger partial charge in [0.05, 0.1) is 0 Å². The van der Waals surface area contributed by atoms with Crippen LogP contribution >= 0.6 is 11.3 Å². The molecule has 1 aromatic rings. The molecule has 0 saturated carbocycles. The van der Waals surface area contributed by atoms with Gasteiger partial charge in [0, 0.05) is 26.3 Å². The third kappa shape index (κ3) is 4.44. The van der Waals surface area contributed by atoms with Gasteiger partial charge in [0.1, 0.15) is 0 Å². The van der Waals surface area contributed by atoms with Crippen LogP contribution in [0.1, 0.15) is 11.4 Å². The highest BCUT2D eigenvalue weighted by Crippen LogP contribution is 2.33. The maximum atomic E-state index is 12.3. The molecule has 0 bridgehead atoms. The lowest BCUT2D eigenvalue weighted by atomic mass is 10.2. The van der Waals surface area contributed by atoms with E-state index >= 15 is 0 Å². The Kier molecular flexibility index (Phi) is 5.09. The normalized spacial score (nSPS) is 13.7. The van der Waals surface area contributed by atoms with Gasteiger partial charge in [-0.15, -0.1) is 10.2 Å². The van der Waals surface area contributed by atoms with E-state index in [1.54, 1.807) is 7.11 Å². The Balaban J connectivity index is 2.58. The number of hydrogen-bond acceptors (Lipinski definition) is 6. The molecule has 5 nitrogen and oxygen atoms in total. The Morgan fingerprint density at radius 2 is 2.18 bits per heavy atom. The Bertz CT molecular complexity index is 344. The largest absolute Gasteiger partial charge is 0.445 e. The van der Waals surface area contributed by atoms with Crippen LogP contribution in [0, 0.1) is 0 Å². The molecule has 0 fully saturated rings. The van der Waals surface area contributed by atoms with Crippen LogP contribution in [-0.4, -0.2) is 36.5 Å². The minimum atomic E-state index is -4.46. The van der Waals surface area contributed by atoms with Crippen LogP contribution in [0.2, 0.25) is 0 Å². The van der Waals surface area contributed by atoms with Crippen LogP contribution < -0.4 is 11.1 Å². The van der Waals surface area contributed by atoms with E-state index in [1.807, 2.05) is 0 Å². The van der Waals surface area contributed by atoms with E-state index in [1.165, 1.54) is 0 Å². The number of halogens is 3. The van der Waals surface area contributed by atoms with Crippen LogP contribution in [0.15, 0.2) is 0 Å². The molecule has 1 atom stereocenters. The summed E-state index contributed by atoms with van der Waals surface area (Å²) in [5.74, 6) is 0. The van der Waals surface area contributed by atoms with Gasteiger partial charge >= 0.3 is 6.18 Å². The molecule has 1 aromatic heterocycles. The maximum Gasteiger partial charge on any atom is 0.445 e. The van der Waals surface area contributed by atoms with Crippen molar-refractivity contribution in [2.75, 3.05) is 25.6 Å². The van der Waals surface area contributed by atoms with Gasteiger partial charge in [0.2, 0.25) is 10.1 Å². The third-order valence-corrected chi connectivity index (χ3v) is 2.85. The molecule has 1 rings (SSSR count). The Hall–Kier alpha value is -0.930. The van der Waals surface area contributed by atoms with Crippen molar-refractivity contribution in [1.29, 1.82) is 0 Å². The van der Waals surface area contributed by atoms with Gasteiger partial charge in [-0.1, -0.05) is 11.3 Å². The second kappa shape index (κ2) is 6.12. The standard InChI is InChI=1S/C8H13F3N4OS/c1-16-3-2-5(4-12)13-7-15-14-6(17-7)8(9,10)11/h5H,2-4,12H2,1H3,(H,13,15). The predicted molar refractivity (Wildman–Crippen MR) is 57.9 cm³/mol. The summed E-state index contributed by atoms with van der Waals surface area (Å²) >= 11 is 0.462. The first-order valence-corrected chi connectivity index (χ1v) is 5.65. The zero-order valence-corrected chi connectivity index (χ0v) is 9.94. The monoisotopic (exact) mass is 270 g/mol. The van der Waals surface area contributed by atoms with Gasteiger partial charge in [0.25, 0.3) is 0 Å². The third-order valence-electron chi connectivity index (χ3n) is 1.95. The van der Waals surface area contributed by atoms with Crippen molar-refractivity contribution in [2.45, 2.75) is 18.6 Å². The molecular weight excluding hydrogens is 257 g/mol. The lowest BCUT2D eigenvalue weighted by Gasteiger charge is -2.14. The lowest BCUT2D eigenvalue weighted by Crippen LogP contribution is -2.30. The fourth-order valence-corrected chi connectivity index (χ4v) is 1.77. The van der Waals surface area contributed by atoms with Gasteiger partial charge in [-0.3, -0.25) is 0 Å². The van der Waals surface area contributed by atoms with Crippen LogP contribution in [0.3, 0.4) is 0 Å². The summed E-state index contributed by atoms with van der Waals surface area (Å²) in [5, 5.41) is 8.42. The van der Waals surface area contributed by atoms with E-state index in [0.717, 1.165) is 0 Å². The number of nitrogens with zero attached hydrogens (tertiary/aromatic N) is 2. The molecule has 0 saturated heterocycles. The molecule has 1 heterocycles. The van der Waals surface area contributed by atoms with E-state index < -0.39 is 11.2 Å². The number of nitrogens with one attached hydrogen (secondary N) is 1. The predicted octanol–water partition coefficient (Wildman–Crippen LogP) is 1.33. The Labute approximate surface area is 100 Å². The molecule has 9 heteroatoms. The van der Waals surface area contributed by atoms with Crippen LogP contribution in [0.4, 0.5) is 18.3 Å². The lowest BCUT2D eigenvalue weighted by molar-refractivity contribution is -0.138. The number of rotatable bonds is 6. The average Bonchev–Trinajstić information content (AvgIpc) is 2.72. The van der Waals surface area contributed by atoms with Crippen LogP contribution in [0.5, 0.6) is 0 Å². The Morgan fingerprint density at radius 3 is 2.65 bits per heavy atom. The minimum absolute atomic E-state index is 0.115. The highest BCUT2D eigenvalue weighted by molar-refractivity contribution is 7.15. The summed E-state index contributed by atoms with van der Waals surface area (Å²) < 4.78 is 41.6. The van der Waals surface area contributed by atoms with E-state index in [0.29, 0.717) is 24.4 Å². The van der Waals surface area contributed by atoms with E-state index in [2.05, 4.69) is 15.5 Å². The molecule has 0 aliphatic carbocycles. The minimum Gasteiger partial charge on any atom is -0.385 e. The van der Waals surface area contributed by atoms with Crippen molar-refractivity contribution < 1.29 is 17.9 Å². The molecule has 0 aliphatic heterocycles. The van der Waals surface area contributed by atoms with Crippen molar-refractivity contribution in [3.63, 3.8) is 0 Å². The first-order chi connectivity index (χ1) is 7.97. The quantitative estimate of drug-likeness (QED) is 0.816. The SMILES string of the molecule is COCCC(CN)Nc1nnc(C(F)(F)F)s1. The Morgan fingerprint density at radius 1 is 1.47 bits per heavy atom. The summed E-state index contributed by atoms with van der Waals surface area (Å²) in [6, 6.07) is -0.177. The summed E-state index contributed by atoms with van der Waals surface area (Å²) in [7, 11) is 1.54. The van der Waals surface area contributed by atoms with Crippen molar-refractivity contribution in [2.24, 2.45) is 5.73 Å². The van der Waals surface area contributed by atoms with Crippen molar-refractivity contribution in [3.8, 4) is 0 Å². The van der Waals surface area contributed by atoms with E-state index in [9.17, 15) is 13.2 Å². The first kappa shape index (κ1) is 14.1. The van der Waals surface area contributed by atoms with E-state index in [-0.39, 0.29) is 17.7 Å². The summed E-state index contributed by atoms with van der Waals surface area (Å²) in [4.78, 5) is 0. The number of ether oxygens (including phenoxy) is 1.